The van der Waals surface area contributed by atoms with E-state index in [1.165, 1.54) is 19.3 Å². The minimum atomic E-state index is -0.568. The molecular formula is C11H24N2O3. The maximum absolute atomic E-state index is 10.9. The lowest BCUT2D eigenvalue weighted by Crippen LogP contribution is -2.30. The van der Waals surface area contributed by atoms with Crippen LogP contribution in [-0.2, 0) is 14.4 Å². The monoisotopic (exact) mass is 232 g/mol. The number of hydrogen-bond donors (Lipinski definition) is 2. The molecule has 5 heteroatoms. The standard InChI is InChI=1S/C11H24N2O3/c1-3-4-5-6-7-13-16-9-8-15-11(14)10(2)12/h10,13H,3-9,12H2,1-2H3/t10-/m0/s1. The highest BCUT2D eigenvalue weighted by Crippen LogP contribution is 1.96. The molecule has 0 amide bonds. The Balaban J connectivity index is 3.07. The molecule has 96 valence electrons. The summed E-state index contributed by atoms with van der Waals surface area (Å²) in [6.07, 6.45) is 4.81. The van der Waals surface area contributed by atoms with Gasteiger partial charge in [-0.1, -0.05) is 26.2 Å². The van der Waals surface area contributed by atoms with Crippen LogP contribution in [0.1, 0.15) is 39.5 Å². The summed E-state index contributed by atoms with van der Waals surface area (Å²) in [5.41, 5.74) is 8.14. The van der Waals surface area contributed by atoms with Crippen LogP contribution in [-0.4, -0.2) is 31.8 Å². The van der Waals surface area contributed by atoms with E-state index in [2.05, 4.69) is 12.4 Å². The van der Waals surface area contributed by atoms with Crippen LogP contribution in [0.4, 0.5) is 0 Å². The first-order valence-electron chi connectivity index (χ1n) is 5.95. The van der Waals surface area contributed by atoms with Crippen molar-refractivity contribution in [3.8, 4) is 0 Å². The average Bonchev–Trinajstić information content (AvgIpc) is 2.26. The summed E-state index contributed by atoms with van der Waals surface area (Å²) in [6, 6.07) is -0.568. The molecule has 0 unspecified atom stereocenters. The van der Waals surface area contributed by atoms with Crippen molar-refractivity contribution in [3.63, 3.8) is 0 Å². The van der Waals surface area contributed by atoms with Gasteiger partial charge < -0.3 is 10.5 Å². The molecule has 0 aromatic heterocycles. The minimum Gasteiger partial charge on any atom is -0.462 e. The zero-order valence-electron chi connectivity index (χ0n) is 10.3. The van der Waals surface area contributed by atoms with Gasteiger partial charge in [0.05, 0.1) is 0 Å². The Morgan fingerprint density at radius 1 is 1.31 bits per heavy atom. The fourth-order valence-corrected chi connectivity index (χ4v) is 1.08. The van der Waals surface area contributed by atoms with E-state index >= 15 is 0 Å². The van der Waals surface area contributed by atoms with Gasteiger partial charge in [-0.2, -0.15) is 0 Å². The summed E-state index contributed by atoms with van der Waals surface area (Å²) in [4.78, 5) is 16.0. The number of ether oxygens (including phenoxy) is 1. The molecule has 0 aliphatic rings. The van der Waals surface area contributed by atoms with Crippen molar-refractivity contribution < 1.29 is 14.4 Å². The first-order valence-corrected chi connectivity index (χ1v) is 5.95. The van der Waals surface area contributed by atoms with Gasteiger partial charge in [-0.3, -0.25) is 9.63 Å². The molecule has 0 aliphatic carbocycles. The second kappa shape index (κ2) is 10.9. The number of unbranched alkanes of at least 4 members (excludes halogenated alkanes) is 3. The van der Waals surface area contributed by atoms with Crippen LogP contribution in [0, 0.1) is 0 Å². The van der Waals surface area contributed by atoms with E-state index in [9.17, 15) is 4.79 Å². The highest BCUT2D eigenvalue weighted by molar-refractivity contribution is 5.74. The molecule has 0 spiro atoms. The van der Waals surface area contributed by atoms with Crippen molar-refractivity contribution in [3.05, 3.63) is 0 Å². The Bertz CT molecular complexity index is 175. The van der Waals surface area contributed by atoms with Gasteiger partial charge in [-0.05, 0) is 13.3 Å². The molecule has 5 nitrogen and oxygen atoms in total. The molecule has 0 saturated carbocycles. The highest BCUT2D eigenvalue weighted by atomic mass is 16.7. The third-order valence-electron chi connectivity index (χ3n) is 2.04. The molecule has 0 bridgehead atoms. The fourth-order valence-electron chi connectivity index (χ4n) is 1.08. The molecule has 0 radical (unpaired) electrons. The van der Waals surface area contributed by atoms with Crippen molar-refractivity contribution in [2.75, 3.05) is 19.8 Å². The van der Waals surface area contributed by atoms with E-state index in [4.69, 9.17) is 15.3 Å². The molecule has 0 aliphatic heterocycles. The van der Waals surface area contributed by atoms with Crippen LogP contribution in [0.2, 0.25) is 0 Å². The van der Waals surface area contributed by atoms with Gasteiger partial charge in [-0.15, -0.1) is 0 Å². The van der Waals surface area contributed by atoms with Gasteiger partial charge in [0.15, 0.2) is 0 Å². The van der Waals surface area contributed by atoms with Crippen molar-refractivity contribution >= 4 is 5.97 Å². The van der Waals surface area contributed by atoms with Crippen LogP contribution in [0.3, 0.4) is 0 Å². The normalized spacial score (nSPS) is 12.4. The largest absolute Gasteiger partial charge is 0.462 e. The Hall–Kier alpha value is -0.650. The quantitative estimate of drug-likeness (QED) is 0.334. The van der Waals surface area contributed by atoms with Crippen molar-refractivity contribution in [2.45, 2.75) is 45.6 Å². The Labute approximate surface area is 97.6 Å². The van der Waals surface area contributed by atoms with E-state index in [0.29, 0.717) is 6.61 Å². The zero-order chi connectivity index (χ0) is 12.2. The van der Waals surface area contributed by atoms with Crippen LogP contribution in [0.5, 0.6) is 0 Å². The topological polar surface area (TPSA) is 73.6 Å². The third-order valence-corrected chi connectivity index (χ3v) is 2.04. The molecule has 3 N–H and O–H groups in total. The minimum absolute atomic E-state index is 0.238. The number of nitrogens with one attached hydrogen (secondary N) is 1. The highest BCUT2D eigenvalue weighted by Gasteiger charge is 2.07. The Kier molecular flexibility index (Phi) is 10.4. The van der Waals surface area contributed by atoms with Gasteiger partial charge >= 0.3 is 5.97 Å². The average molecular weight is 232 g/mol. The van der Waals surface area contributed by atoms with Gasteiger partial charge in [0.2, 0.25) is 0 Å². The summed E-state index contributed by atoms with van der Waals surface area (Å²) >= 11 is 0. The second-order valence-electron chi connectivity index (χ2n) is 3.76. The number of hydrogen-bond acceptors (Lipinski definition) is 5. The van der Waals surface area contributed by atoms with Gasteiger partial charge in [-0.25, -0.2) is 5.48 Å². The van der Waals surface area contributed by atoms with E-state index in [1.54, 1.807) is 6.92 Å². The van der Waals surface area contributed by atoms with Gasteiger partial charge in [0.25, 0.3) is 0 Å². The Morgan fingerprint density at radius 2 is 2.06 bits per heavy atom. The summed E-state index contributed by atoms with van der Waals surface area (Å²) in [5.74, 6) is -0.397. The SMILES string of the molecule is CCCCCCNOCCOC(=O)[C@H](C)N. The summed E-state index contributed by atoms with van der Waals surface area (Å²) in [6.45, 7) is 5.20. The molecular weight excluding hydrogens is 208 g/mol. The lowest BCUT2D eigenvalue weighted by atomic mass is 10.2. The predicted octanol–water partition coefficient (Wildman–Crippen LogP) is 0.978. The lowest BCUT2D eigenvalue weighted by molar-refractivity contribution is -0.147. The lowest BCUT2D eigenvalue weighted by Gasteiger charge is -2.08. The molecule has 1 atom stereocenters. The molecule has 0 fully saturated rings. The first kappa shape index (κ1) is 15.3. The molecule has 0 rings (SSSR count). The number of carbonyl (C=O) groups is 1. The summed E-state index contributed by atoms with van der Waals surface area (Å²) in [5, 5.41) is 0. The fraction of sp³-hybridized carbons (Fsp3) is 0.909. The van der Waals surface area contributed by atoms with E-state index in [0.717, 1.165) is 13.0 Å². The first-order chi connectivity index (χ1) is 7.68. The zero-order valence-corrected chi connectivity index (χ0v) is 10.3. The third kappa shape index (κ3) is 9.89. The smallest absolute Gasteiger partial charge is 0.322 e. The summed E-state index contributed by atoms with van der Waals surface area (Å²) < 4.78 is 4.82. The maximum Gasteiger partial charge on any atom is 0.322 e. The molecule has 0 saturated heterocycles. The molecule has 0 heterocycles. The van der Waals surface area contributed by atoms with Crippen LogP contribution >= 0.6 is 0 Å². The van der Waals surface area contributed by atoms with Crippen LogP contribution in [0.15, 0.2) is 0 Å². The number of carbonyl (C=O) groups excluding carboxylic acids is 1. The van der Waals surface area contributed by atoms with Crippen molar-refractivity contribution in [2.24, 2.45) is 5.73 Å². The number of esters is 1. The van der Waals surface area contributed by atoms with E-state index in [-0.39, 0.29) is 6.61 Å². The number of rotatable bonds is 10. The van der Waals surface area contributed by atoms with Gasteiger partial charge in [0.1, 0.15) is 19.3 Å². The Morgan fingerprint density at radius 3 is 2.69 bits per heavy atom. The number of hydroxylamine groups is 1. The molecule has 0 aromatic carbocycles. The van der Waals surface area contributed by atoms with Gasteiger partial charge in [0, 0.05) is 6.54 Å². The van der Waals surface area contributed by atoms with Crippen LogP contribution < -0.4 is 11.2 Å². The molecule has 0 aromatic rings. The second-order valence-corrected chi connectivity index (χ2v) is 3.76. The van der Waals surface area contributed by atoms with E-state index in [1.807, 2.05) is 0 Å². The molecule has 16 heavy (non-hydrogen) atoms. The maximum atomic E-state index is 10.9. The van der Waals surface area contributed by atoms with E-state index < -0.39 is 12.0 Å². The predicted molar refractivity (Wildman–Crippen MR) is 62.7 cm³/mol. The van der Waals surface area contributed by atoms with Crippen molar-refractivity contribution in [1.82, 2.24) is 5.48 Å². The van der Waals surface area contributed by atoms with Crippen LogP contribution in [0.25, 0.3) is 0 Å². The van der Waals surface area contributed by atoms with Crippen molar-refractivity contribution in [1.29, 1.82) is 0 Å². The number of nitrogens with two attached hydrogens (primary N) is 1. The summed E-state index contributed by atoms with van der Waals surface area (Å²) in [7, 11) is 0.